The molecule has 1 amide bonds. The fourth-order valence-electron chi connectivity index (χ4n) is 2.28. The van der Waals surface area contributed by atoms with E-state index in [1.807, 2.05) is 6.07 Å². The smallest absolute Gasteiger partial charge is 0.331 e. The highest BCUT2D eigenvalue weighted by Gasteiger charge is 2.11. The van der Waals surface area contributed by atoms with Crippen LogP contribution in [0.1, 0.15) is 24.1 Å². The fourth-order valence-corrected chi connectivity index (χ4v) is 2.48. The molecule has 0 saturated heterocycles. The van der Waals surface area contributed by atoms with E-state index in [0.717, 1.165) is 11.6 Å². The second-order valence-corrected chi connectivity index (χ2v) is 6.12. The molecule has 7 heteroatoms. The van der Waals surface area contributed by atoms with Gasteiger partial charge in [0.2, 0.25) is 0 Å². The van der Waals surface area contributed by atoms with E-state index in [4.69, 9.17) is 21.1 Å². The minimum absolute atomic E-state index is 0.111. The van der Waals surface area contributed by atoms with Crippen molar-refractivity contribution in [3.63, 3.8) is 0 Å². The molecule has 0 aliphatic heterocycles. The van der Waals surface area contributed by atoms with Crippen LogP contribution < -0.4 is 10.1 Å². The first-order valence-electron chi connectivity index (χ1n) is 8.12. The number of esters is 1. The SMILES string of the molecule is COc1ccc(/C=C/C(=O)OCC(=O)N[C@H](C)c2cccc(Cl)c2)cc1F. The van der Waals surface area contributed by atoms with Crippen molar-refractivity contribution in [3.8, 4) is 5.75 Å². The quantitative estimate of drug-likeness (QED) is 0.574. The first-order valence-corrected chi connectivity index (χ1v) is 8.50. The zero-order valence-corrected chi connectivity index (χ0v) is 15.6. The number of carbonyl (C=O) groups is 2. The summed E-state index contributed by atoms with van der Waals surface area (Å²) in [5, 5.41) is 3.28. The Morgan fingerprint density at radius 2 is 2.04 bits per heavy atom. The third-order valence-electron chi connectivity index (χ3n) is 3.66. The van der Waals surface area contributed by atoms with Gasteiger partial charge in [0.1, 0.15) is 0 Å². The summed E-state index contributed by atoms with van der Waals surface area (Å²) in [7, 11) is 1.36. The van der Waals surface area contributed by atoms with Gasteiger partial charge in [-0.25, -0.2) is 9.18 Å². The van der Waals surface area contributed by atoms with Gasteiger partial charge in [0.05, 0.1) is 13.2 Å². The molecule has 27 heavy (non-hydrogen) atoms. The normalized spacial score (nSPS) is 11.9. The number of hydrogen-bond donors (Lipinski definition) is 1. The summed E-state index contributed by atoms with van der Waals surface area (Å²) >= 11 is 5.92. The third kappa shape index (κ3) is 6.42. The van der Waals surface area contributed by atoms with Crippen LogP contribution in [0.25, 0.3) is 6.08 Å². The van der Waals surface area contributed by atoms with Crippen LogP contribution in [0.4, 0.5) is 4.39 Å². The molecule has 0 spiro atoms. The first-order chi connectivity index (χ1) is 12.9. The molecule has 0 fully saturated rings. The van der Waals surface area contributed by atoms with Crippen molar-refractivity contribution in [1.82, 2.24) is 5.32 Å². The summed E-state index contributed by atoms with van der Waals surface area (Å²) in [4.78, 5) is 23.6. The van der Waals surface area contributed by atoms with E-state index in [-0.39, 0.29) is 11.8 Å². The summed E-state index contributed by atoms with van der Waals surface area (Å²) in [6.07, 6.45) is 2.51. The molecule has 1 N–H and O–H groups in total. The van der Waals surface area contributed by atoms with Gasteiger partial charge in [-0.3, -0.25) is 4.79 Å². The molecular weight excluding hydrogens is 373 g/mol. The lowest BCUT2D eigenvalue weighted by Crippen LogP contribution is -2.30. The fraction of sp³-hybridized carbons (Fsp3) is 0.200. The lowest BCUT2D eigenvalue weighted by molar-refractivity contribution is -0.144. The van der Waals surface area contributed by atoms with Crippen LogP contribution in [0, 0.1) is 5.82 Å². The number of methoxy groups -OCH3 is 1. The van der Waals surface area contributed by atoms with Crippen LogP contribution in [-0.4, -0.2) is 25.6 Å². The van der Waals surface area contributed by atoms with Crippen LogP contribution in [0.3, 0.4) is 0 Å². The van der Waals surface area contributed by atoms with Crippen LogP contribution >= 0.6 is 11.6 Å². The van der Waals surface area contributed by atoms with Gasteiger partial charge in [0, 0.05) is 11.1 Å². The molecule has 0 bridgehead atoms. The second-order valence-electron chi connectivity index (χ2n) is 5.68. The summed E-state index contributed by atoms with van der Waals surface area (Å²) in [6, 6.07) is 11.1. The molecule has 2 aromatic rings. The summed E-state index contributed by atoms with van der Waals surface area (Å²) < 4.78 is 23.3. The van der Waals surface area contributed by atoms with Crippen LogP contribution in [0.2, 0.25) is 5.02 Å². The highest BCUT2D eigenvalue weighted by Crippen LogP contribution is 2.19. The van der Waals surface area contributed by atoms with Gasteiger partial charge in [-0.2, -0.15) is 0 Å². The minimum atomic E-state index is -0.711. The van der Waals surface area contributed by atoms with Crippen LogP contribution in [-0.2, 0) is 14.3 Å². The van der Waals surface area contributed by atoms with E-state index in [0.29, 0.717) is 10.6 Å². The molecule has 1 atom stereocenters. The molecule has 2 aromatic carbocycles. The number of hydrogen-bond acceptors (Lipinski definition) is 4. The van der Waals surface area contributed by atoms with Crippen LogP contribution in [0.15, 0.2) is 48.5 Å². The van der Waals surface area contributed by atoms with Gasteiger partial charge in [0.25, 0.3) is 5.91 Å². The van der Waals surface area contributed by atoms with Crippen molar-refractivity contribution in [3.05, 3.63) is 70.5 Å². The Kier molecular flexibility index (Phi) is 7.37. The molecule has 0 radical (unpaired) electrons. The van der Waals surface area contributed by atoms with Gasteiger partial charge < -0.3 is 14.8 Å². The number of nitrogens with one attached hydrogen (secondary N) is 1. The number of benzene rings is 2. The van der Waals surface area contributed by atoms with Gasteiger partial charge in [-0.05, 0) is 48.4 Å². The Balaban J connectivity index is 1.82. The van der Waals surface area contributed by atoms with Crippen molar-refractivity contribution < 1.29 is 23.5 Å². The van der Waals surface area contributed by atoms with Crippen molar-refractivity contribution in [1.29, 1.82) is 0 Å². The molecular formula is C20H19ClFNO4. The molecule has 0 aliphatic carbocycles. The Hall–Kier alpha value is -2.86. The lowest BCUT2D eigenvalue weighted by atomic mass is 10.1. The number of halogens is 2. The molecule has 0 aromatic heterocycles. The first kappa shape index (κ1) is 20.5. The maximum absolute atomic E-state index is 13.6. The molecule has 0 aliphatic rings. The number of ether oxygens (including phenoxy) is 2. The predicted molar refractivity (Wildman–Crippen MR) is 101 cm³/mol. The van der Waals surface area contributed by atoms with E-state index in [1.54, 1.807) is 31.2 Å². The van der Waals surface area contributed by atoms with E-state index >= 15 is 0 Å². The zero-order valence-electron chi connectivity index (χ0n) is 14.9. The molecule has 0 heterocycles. The standard InChI is InChI=1S/C20H19ClFNO4/c1-13(15-4-3-5-16(21)11-15)23-19(24)12-27-20(25)9-7-14-6-8-18(26-2)17(22)10-14/h3-11,13H,12H2,1-2H3,(H,23,24)/b9-7+/t13-/m1/s1. The summed E-state index contributed by atoms with van der Waals surface area (Å²) in [5.41, 5.74) is 1.30. The van der Waals surface area contributed by atoms with Crippen molar-refractivity contribution in [2.24, 2.45) is 0 Å². The molecule has 142 valence electrons. The Morgan fingerprint density at radius 1 is 1.26 bits per heavy atom. The van der Waals surface area contributed by atoms with Crippen LogP contribution in [0.5, 0.6) is 5.75 Å². The maximum Gasteiger partial charge on any atom is 0.331 e. The van der Waals surface area contributed by atoms with Gasteiger partial charge in [-0.1, -0.05) is 29.8 Å². The van der Waals surface area contributed by atoms with Crippen molar-refractivity contribution in [2.75, 3.05) is 13.7 Å². The molecule has 0 unspecified atom stereocenters. The summed E-state index contributed by atoms with van der Waals surface area (Å²) in [5.74, 6) is -1.58. The third-order valence-corrected chi connectivity index (χ3v) is 3.89. The topological polar surface area (TPSA) is 64.6 Å². The number of carbonyl (C=O) groups excluding carboxylic acids is 2. The van der Waals surface area contributed by atoms with Gasteiger partial charge >= 0.3 is 5.97 Å². The minimum Gasteiger partial charge on any atom is -0.494 e. The lowest BCUT2D eigenvalue weighted by Gasteiger charge is -2.14. The van der Waals surface area contributed by atoms with Gasteiger partial charge in [0.15, 0.2) is 18.2 Å². The van der Waals surface area contributed by atoms with E-state index < -0.39 is 24.3 Å². The van der Waals surface area contributed by atoms with Crippen molar-refractivity contribution >= 4 is 29.6 Å². The predicted octanol–water partition coefficient (Wildman–Crippen LogP) is 3.92. The summed E-state index contributed by atoms with van der Waals surface area (Å²) in [6.45, 7) is 1.37. The highest BCUT2D eigenvalue weighted by molar-refractivity contribution is 6.30. The van der Waals surface area contributed by atoms with E-state index in [1.165, 1.54) is 25.3 Å². The number of amides is 1. The monoisotopic (exact) mass is 391 g/mol. The Labute approximate surface area is 161 Å². The molecule has 2 rings (SSSR count). The Morgan fingerprint density at radius 3 is 2.70 bits per heavy atom. The molecule has 5 nitrogen and oxygen atoms in total. The van der Waals surface area contributed by atoms with E-state index in [9.17, 15) is 14.0 Å². The van der Waals surface area contributed by atoms with Crippen molar-refractivity contribution in [2.45, 2.75) is 13.0 Å². The number of rotatable bonds is 7. The maximum atomic E-state index is 13.6. The second kappa shape index (κ2) is 9.73. The molecule has 0 saturated carbocycles. The van der Waals surface area contributed by atoms with E-state index in [2.05, 4.69) is 5.32 Å². The average Bonchev–Trinajstić information content (AvgIpc) is 2.64. The zero-order chi connectivity index (χ0) is 19.8. The Bertz CT molecular complexity index is 854. The largest absolute Gasteiger partial charge is 0.494 e. The van der Waals surface area contributed by atoms with Gasteiger partial charge in [-0.15, -0.1) is 0 Å². The average molecular weight is 392 g/mol. The highest BCUT2D eigenvalue weighted by atomic mass is 35.5.